The number of aryl methyl sites for hydroxylation is 1. The maximum absolute atomic E-state index is 13.8. The first-order valence-corrected chi connectivity index (χ1v) is 5.63. The summed E-state index contributed by atoms with van der Waals surface area (Å²) in [5, 5.41) is 10.5. The zero-order chi connectivity index (χ0) is 12.6. The van der Waals surface area contributed by atoms with E-state index in [1.807, 2.05) is 19.1 Å². The van der Waals surface area contributed by atoms with E-state index in [4.69, 9.17) is 0 Å². The average molecular weight is 233 g/mol. The Labute approximate surface area is 100 Å². The van der Waals surface area contributed by atoms with Crippen LogP contribution < -0.4 is 0 Å². The number of hydrogen-bond acceptors (Lipinski definition) is 2. The van der Waals surface area contributed by atoms with Gasteiger partial charge in [-0.05, 0) is 44.5 Å². The van der Waals surface area contributed by atoms with E-state index >= 15 is 0 Å². The molecule has 0 aliphatic heterocycles. The molecule has 0 radical (unpaired) electrons. The van der Waals surface area contributed by atoms with E-state index in [0.717, 1.165) is 16.6 Å². The Morgan fingerprint density at radius 2 is 2.00 bits per heavy atom. The van der Waals surface area contributed by atoms with Crippen LogP contribution >= 0.6 is 0 Å². The summed E-state index contributed by atoms with van der Waals surface area (Å²) < 4.78 is 13.8. The molecule has 0 spiro atoms. The van der Waals surface area contributed by atoms with Crippen molar-refractivity contribution in [3.05, 3.63) is 41.3 Å². The van der Waals surface area contributed by atoms with Crippen LogP contribution in [0.1, 0.15) is 25.1 Å². The normalized spacial score (nSPS) is 12.1. The second-order valence-corrected chi connectivity index (χ2v) is 5.08. The van der Waals surface area contributed by atoms with Gasteiger partial charge in [0, 0.05) is 17.5 Å². The smallest absolute Gasteiger partial charge is 0.127 e. The molecule has 3 heteroatoms. The van der Waals surface area contributed by atoms with Crippen LogP contribution in [0.2, 0.25) is 0 Å². The van der Waals surface area contributed by atoms with E-state index < -0.39 is 5.60 Å². The second-order valence-electron chi connectivity index (χ2n) is 5.08. The van der Waals surface area contributed by atoms with Crippen molar-refractivity contribution in [1.29, 1.82) is 0 Å². The molecule has 17 heavy (non-hydrogen) atoms. The molecule has 2 rings (SSSR count). The average Bonchev–Trinajstić information content (AvgIpc) is 2.17. The van der Waals surface area contributed by atoms with Crippen LogP contribution in [-0.2, 0) is 6.42 Å². The van der Waals surface area contributed by atoms with Gasteiger partial charge < -0.3 is 5.11 Å². The SMILES string of the molecule is Cc1ccc2cc(F)c(CC(C)(C)O)cc2n1. The molecule has 0 bridgehead atoms. The van der Waals surface area contributed by atoms with Gasteiger partial charge in [0.25, 0.3) is 0 Å². The van der Waals surface area contributed by atoms with Crippen molar-refractivity contribution in [2.24, 2.45) is 0 Å². The molecule has 1 heterocycles. The van der Waals surface area contributed by atoms with Gasteiger partial charge in [0.15, 0.2) is 0 Å². The van der Waals surface area contributed by atoms with E-state index in [0.29, 0.717) is 5.56 Å². The number of halogens is 1. The molecular formula is C14H16FNO. The van der Waals surface area contributed by atoms with E-state index in [2.05, 4.69) is 4.98 Å². The van der Waals surface area contributed by atoms with Crippen LogP contribution in [0.4, 0.5) is 4.39 Å². The lowest BCUT2D eigenvalue weighted by molar-refractivity contribution is 0.0800. The number of benzene rings is 1. The molecule has 0 saturated heterocycles. The molecule has 90 valence electrons. The molecule has 0 fully saturated rings. The van der Waals surface area contributed by atoms with Gasteiger partial charge in [0.2, 0.25) is 0 Å². The Kier molecular flexibility index (Phi) is 2.87. The van der Waals surface area contributed by atoms with Crippen molar-refractivity contribution in [2.45, 2.75) is 32.8 Å². The lowest BCUT2D eigenvalue weighted by atomic mass is 9.97. The van der Waals surface area contributed by atoms with Crippen molar-refractivity contribution < 1.29 is 9.50 Å². The van der Waals surface area contributed by atoms with Crippen molar-refractivity contribution >= 4 is 10.9 Å². The summed E-state index contributed by atoms with van der Waals surface area (Å²) in [7, 11) is 0. The largest absolute Gasteiger partial charge is 0.390 e. The summed E-state index contributed by atoms with van der Waals surface area (Å²) in [4.78, 5) is 4.36. The van der Waals surface area contributed by atoms with Crippen LogP contribution in [0.25, 0.3) is 10.9 Å². The first kappa shape index (κ1) is 12.0. The Morgan fingerprint density at radius 3 is 2.65 bits per heavy atom. The quantitative estimate of drug-likeness (QED) is 0.865. The lowest BCUT2D eigenvalue weighted by Crippen LogP contribution is -2.22. The Balaban J connectivity index is 2.53. The maximum Gasteiger partial charge on any atom is 0.127 e. The summed E-state index contributed by atoms with van der Waals surface area (Å²) in [5.74, 6) is -0.287. The van der Waals surface area contributed by atoms with Crippen LogP contribution in [0.3, 0.4) is 0 Å². The van der Waals surface area contributed by atoms with E-state index in [1.54, 1.807) is 19.9 Å². The summed E-state index contributed by atoms with van der Waals surface area (Å²) in [6.07, 6.45) is 0.282. The Hall–Kier alpha value is -1.48. The Morgan fingerprint density at radius 1 is 1.29 bits per heavy atom. The molecular weight excluding hydrogens is 217 g/mol. The fourth-order valence-electron chi connectivity index (χ4n) is 1.89. The highest BCUT2D eigenvalue weighted by molar-refractivity contribution is 5.79. The predicted molar refractivity (Wildman–Crippen MR) is 66.4 cm³/mol. The van der Waals surface area contributed by atoms with Crippen LogP contribution in [0, 0.1) is 12.7 Å². The van der Waals surface area contributed by atoms with Gasteiger partial charge in [0.05, 0.1) is 11.1 Å². The lowest BCUT2D eigenvalue weighted by Gasteiger charge is -2.17. The molecule has 0 unspecified atom stereocenters. The summed E-state index contributed by atoms with van der Waals surface area (Å²) in [6, 6.07) is 6.91. The Bertz CT molecular complexity index is 558. The summed E-state index contributed by atoms with van der Waals surface area (Å²) in [5.41, 5.74) is 1.25. The fourth-order valence-corrected chi connectivity index (χ4v) is 1.89. The third-order valence-electron chi connectivity index (χ3n) is 2.62. The molecule has 2 aromatic rings. The molecule has 1 aromatic carbocycles. The zero-order valence-electron chi connectivity index (χ0n) is 10.3. The van der Waals surface area contributed by atoms with E-state index in [1.165, 1.54) is 6.07 Å². The van der Waals surface area contributed by atoms with Gasteiger partial charge >= 0.3 is 0 Å². The minimum atomic E-state index is -0.918. The van der Waals surface area contributed by atoms with Crippen molar-refractivity contribution in [1.82, 2.24) is 4.98 Å². The van der Waals surface area contributed by atoms with Gasteiger partial charge in [-0.3, -0.25) is 4.98 Å². The highest BCUT2D eigenvalue weighted by atomic mass is 19.1. The minimum Gasteiger partial charge on any atom is -0.390 e. The topological polar surface area (TPSA) is 33.1 Å². The zero-order valence-corrected chi connectivity index (χ0v) is 10.3. The number of aromatic nitrogens is 1. The molecule has 0 atom stereocenters. The summed E-state index contributed by atoms with van der Waals surface area (Å²) >= 11 is 0. The van der Waals surface area contributed by atoms with Gasteiger partial charge in [-0.1, -0.05) is 6.07 Å². The fraction of sp³-hybridized carbons (Fsp3) is 0.357. The maximum atomic E-state index is 13.8. The number of nitrogens with zero attached hydrogens (tertiary/aromatic N) is 1. The predicted octanol–water partition coefficient (Wildman–Crippen LogP) is 3.00. The van der Waals surface area contributed by atoms with E-state index in [-0.39, 0.29) is 12.2 Å². The van der Waals surface area contributed by atoms with Gasteiger partial charge in [-0.2, -0.15) is 0 Å². The minimum absolute atomic E-state index is 0.282. The molecule has 0 amide bonds. The van der Waals surface area contributed by atoms with Crippen molar-refractivity contribution in [3.8, 4) is 0 Å². The number of aliphatic hydroxyl groups is 1. The van der Waals surface area contributed by atoms with Crippen LogP contribution in [0.5, 0.6) is 0 Å². The van der Waals surface area contributed by atoms with Crippen molar-refractivity contribution in [3.63, 3.8) is 0 Å². The molecule has 2 nitrogen and oxygen atoms in total. The highest BCUT2D eigenvalue weighted by Crippen LogP contribution is 2.21. The van der Waals surface area contributed by atoms with E-state index in [9.17, 15) is 9.50 Å². The van der Waals surface area contributed by atoms with Crippen LogP contribution in [0.15, 0.2) is 24.3 Å². The molecule has 1 aromatic heterocycles. The second kappa shape index (κ2) is 4.08. The number of pyridine rings is 1. The molecule has 0 saturated carbocycles. The van der Waals surface area contributed by atoms with Crippen LogP contribution in [-0.4, -0.2) is 15.7 Å². The molecule has 1 N–H and O–H groups in total. The first-order valence-electron chi connectivity index (χ1n) is 5.63. The van der Waals surface area contributed by atoms with Gasteiger partial charge in [-0.15, -0.1) is 0 Å². The number of rotatable bonds is 2. The molecule has 0 aliphatic rings. The number of fused-ring (bicyclic) bond motifs is 1. The monoisotopic (exact) mass is 233 g/mol. The van der Waals surface area contributed by atoms with Gasteiger partial charge in [0.1, 0.15) is 5.82 Å². The third kappa shape index (κ3) is 2.80. The third-order valence-corrected chi connectivity index (χ3v) is 2.62. The first-order chi connectivity index (χ1) is 7.85. The highest BCUT2D eigenvalue weighted by Gasteiger charge is 2.17. The molecule has 0 aliphatic carbocycles. The summed E-state index contributed by atoms with van der Waals surface area (Å²) in [6.45, 7) is 5.24. The standard InChI is InChI=1S/C14H16FNO/c1-9-4-5-10-6-12(15)11(7-13(10)16-9)8-14(2,3)17/h4-7,17H,8H2,1-3H3. The van der Waals surface area contributed by atoms with Gasteiger partial charge in [-0.25, -0.2) is 4.39 Å². The van der Waals surface area contributed by atoms with Crippen molar-refractivity contribution in [2.75, 3.05) is 0 Å². The number of hydrogen-bond donors (Lipinski definition) is 1.